The lowest BCUT2D eigenvalue weighted by Gasteiger charge is -2.25. The lowest BCUT2D eigenvalue weighted by molar-refractivity contribution is 0.0697. The van der Waals surface area contributed by atoms with Crippen molar-refractivity contribution in [2.24, 2.45) is 0 Å². The first-order chi connectivity index (χ1) is 11.7. The number of nitrogens with one attached hydrogen (secondary N) is 1. The van der Waals surface area contributed by atoms with Crippen molar-refractivity contribution in [1.82, 2.24) is 9.62 Å². The molecule has 0 saturated heterocycles. The number of hydrogen-bond donors (Lipinski definition) is 2. The SMILES string of the molecule is CCc1ccc([C@@H](CNS(=O)(=O)c2cc(C(=O)O)cs2)N(C)C)cc1. The summed E-state index contributed by atoms with van der Waals surface area (Å²) in [6.07, 6.45) is 0.948. The van der Waals surface area contributed by atoms with Gasteiger partial charge < -0.3 is 10.0 Å². The average molecular weight is 383 g/mol. The highest BCUT2D eigenvalue weighted by atomic mass is 32.2. The molecule has 0 unspecified atom stereocenters. The standard InChI is InChI=1S/C17H22N2O4S2/c1-4-12-5-7-13(8-6-12)15(19(2)3)10-18-25(22,23)16-9-14(11-24-16)17(20)21/h5-9,11,15,18H,4,10H2,1-3H3,(H,20,21)/t15-/m1/s1. The molecule has 0 radical (unpaired) electrons. The predicted octanol–water partition coefficient (Wildman–Crippen LogP) is 2.59. The van der Waals surface area contributed by atoms with E-state index in [4.69, 9.17) is 5.11 Å². The van der Waals surface area contributed by atoms with Gasteiger partial charge in [-0.05, 0) is 37.7 Å². The number of carboxylic acid groups (broad SMARTS) is 1. The van der Waals surface area contributed by atoms with Crippen LogP contribution >= 0.6 is 11.3 Å². The van der Waals surface area contributed by atoms with E-state index in [1.165, 1.54) is 17.0 Å². The summed E-state index contributed by atoms with van der Waals surface area (Å²) in [6, 6.07) is 9.14. The Labute approximate surface area is 152 Å². The van der Waals surface area contributed by atoms with Gasteiger partial charge in [-0.15, -0.1) is 11.3 Å². The zero-order valence-corrected chi connectivity index (χ0v) is 16.0. The van der Waals surface area contributed by atoms with E-state index in [0.29, 0.717) is 0 Å². The molecule has 1 atom stereocenters. The molecular weight excluding hydrogens is 360 g/mol. The van der Waals surface area contributed by atoms with Crippen molar-refractivity contribution in [3.8, 4) is 0 Å². The molecule has 0 aliphatic heterocycles. The zero-order valence-electron chi connectivity index (χ0n) is 14.4. The number of carboxylic acids is 1. The molecule has 6 nitrogen and oxygen atoms in total. The summed E-state index contributed by atoms with van der Waals surface area (Å²) < 4.78 is 27.4. The van der Waals surface area contributed by atoms with Gasteiger partial charge in [0.05, 0.1) is 5.56 Å². The number of likely N-dealkylation sites (N-methyl/N-ethyl adjacent to an activating group) is 1. The van der Waals surface area contributed by atoms with Gasteiger partial charge in [0, 0.05) is 18.0 Å². The van der Waals surface area contributed by atoms with Crippen molar-refractivity contribution in [3.05, 3.63) is 52.4 Å². The molecule has 0 aliphatic carbocycles. The van der Waals surface area contributed by atoms with Crippen molar-refractivity contribution >= 4 is 27.3 Å². The second-order valence-electron chi connectivity index (χ2n) is 5.89. The van der Waals surface area contributed by atoms with Gasteiger partial charge in [0.25, 0.3) is 0 Å². The summed E-state index contributed by atoms with van der Waals surface area (Å²) in [5, 5.41) is 10.3. The van der Waals surface area contributed by atoms with Crippen molar-refractivity contribution in [1.29, 1.82) is 0 Å². The lowest BCUT2D eigenvalue weighted by Crippen LogP contribution is -2.34. The van der Waals surface area contributed by atoms with E-state index in [0.717, 1.165) is 23.3 Å². The minimum absolute atomic E-state index is 0.00346. The number of rotatable bonds is 8. The van der Waals surface area contributed by atoms with E-state index in [1.807, 2.05) is 43.3 Å². The largest absolute Gasteiger partial charge is 0.478 e. The van der Waals surface area contributed by atoms with Crippen LogP contribution in [0.1, 0.15) is 34.5 Å². The molecule has 136 valence electrons. The van der Waals surface area contributed by atoms with Gasteiger partial charge >= 0.3 is 5.97 Å². The van der Waals surface area contributed by atoms with E-state index < -0.39 is 16.0 Å². The summed E-state index contributed by atoms with van der Waals surface area (Å²) in [5.41, 5.74) is 2.22. The summed E-state index contributed by atoms with van der Waals surface area (Å²) >= 11 is 0.901. The molecule has 2 aromatic rings. The second kappa shape index (κ2) is 8.09. The van der Waals surface area contributed by atoms with Crippen LogP contribution < -0.4 is 4.72 Å². The van der Waals surface area contributed by atoms with Crippen LogP contribution in [-0.4, -0.2) is 45.0 Å². The number of sulfonamides is 1. The van der Waals surface area contributed by atoms with E-state index in [1.54, 1.807) is 0 Å². The Bertz CT molecular complexity index is 827. The molecule has 1 heterocycles. The molecular formula is C17H22N2O4S2. The fourth-order valence-electron chi connectivity index (χ4n) is 2.40. The van der Waals surface area contributed by atoms with Gasteiger partial charge in [-0.1, -0.05) is 31.2 Å². The summed E-state index contributed by atoms with van der Waals surface area (Å²) in [7, 11) is 0.0347. The van der Waals surface area contributed by atoms with E-state index in [2.05, 4.69) is 11.6 Å². The maximum Gasteiger partial charge on any atom is 0.336 e. The Kier molecular flexibility index (Phi) is 6.34. The number of benzene rings is 1. The van der Waals surface area contributed by atoms with E-state index in [-0.39, 0.29) is 22.4 Å². The Morgan fingerprint density at radius 3 is 2.40 bits per heavy atom. The number of thiophene rings is 1. The first kappa shape index (κ1) is 19.6. The third kappa shape index (κ3) is 4.88. The number of aromatic carboxylic acids is 1. The maximum atomic E-state index is 12.4. The summed E-state index contributed by atoms with van der Waals surface area (Å²) in [6.45, 7) is 2.28. The highest BCUT2D eigenvalue weighted by Gasteiger charge is 2.22. The summed E-state index contributed by atoms with van der Waals surface area (Å²) in [4.78, 5) is 12.9. The zero-order chi connectivity index (χ0) is 18.6. The number of hydrogen-bond acceptors (Lipinski definition) is 5. The topological polar surface area (TPSA) is 86.7 Å². The van der Waals surface area contributed by atoms with Crippen LogP contribution in [0.25, 0.3) is 0 Å². The fourth-order valence-corrected chi connectivity index (χ4v) is 4.64. The van der Waals surface area contributed by atoms with Crippen molar-refractivity contribution < 1.29 is 18.3 Å². The minimum Gasteiger partial charge on any atom is -0.478 e. The molecule has 0 spiro atoms. The van der Waals surface area contributed by atoms with Crippen LogP contribution in [0, 0.1) is 0 Å². The number of carbonyl (C=O) groups is 1. The first-order valence-electron chi connectivity index (χ1n) is 7.81. The van der Waals surface area contributed by atoms with Gasteiger partial charge in [-0.25, -0.2) is 17.9 Å². The van der Waals surface area contributed by atoms with Crippen LogP contribution in [-0.2, 0) is 16.4 Å². The van der Waals surface area contributed by atoms with Crippen LogP contribution in [0.2, 0.25) is 0 Å². The average Bonchev–Trinajstić information content (AvgIpc) is 3.06. The number of aryl methyl sites for hydroxylation is 1. The normalized spacial score (nSPS) is 13.1. The summed E-state index contributed by atoms with van der Waals surface area (Å²) in [5.74, 6) is -1.14. The Morgan fingerprint density at radius 1 is 1.28 bits per heavy atom. The molecule has 2 rings (SSSR count). The van der Waals surface area contributed by atoms with E-state index in [9.17, 15) is 13.2 Å². The third-order valence-electron chi connectivity index (χ3n) is 3.95. The van der Waals surface area contributed by atoms with Crippen molar-refractivity contribution in [2.75, 3.05) is 20.6 Å². The van der Waals surface area contributed by atoms with Gasteiger partial charge in [0.1, 0.15) is 4.21 Å². The Hall–Kier alpha value is -1.74. The molecule has 0 aliphatic rings. The van der Waals surface area contributed by atoms with Crippen LogP contribution in [0.3, 0.4) is 0 Å². The maximum absolute atomic E-state index is 12.4. The molecule has 25 heavy (non-hydrogen) atoms. The highest BCUT2D eigenvalue weighted by molar-refractivity contribution is 7.91. The van der Waals surface area contributed by atoms with Gasteiger partial charge in [-0.3, -0.25) is 0 Å². The molecule has 2 N–H and O–H groups in total. The molecule has 1 aromatic heterocycles. The molecule has 0 bridgehead atoms. The van der Waals surface area contributed by atoms with Crippen LogP contribution in [0.15, 0.2) is 39.9 Å². The van der Waals surface area contributed by atoms with Crippen molar-refractivity contribution in [3.63, 3.8) is 0 Å². The Balaban J connectivity index is 2.15. The number of nitrogens with zero attached hydrogens (tertiary/aromatic N) is 1. The highest BCUT2D eigenvalue weighted by Crippen LogP contribution is 2.22. The molecule has 0 amide bonds. The first-order valence-corrected chi connectivity index (χ1v) is 10.2. The fraction of sp³-hybridized carbons (Fsp3) is 0.353. The predicted molar refractivity (Wildman–Crippen MR) is 98.7 cm³/mol. The minimum atomic E-state index is -3.74. The second-order valence-corrected chi connectivity index (χ2v) is 8.79. The van der Waals surface area contributed by atoms with Gasteiger partial charge in [0.2, 0.25) is 10.0 Å². The van der Waals surface area contributed by atoms with Gasteiger partial charge in [0.15, 0.2) is 0 Å². The van der Waals surface area contributed by atoms with Crippen LogP contribution in [0.5, 0.6) is 0 Å². The molecule has 0 fully saturated rings. The quantitative estimate of drug-likeness (QED) is 0.733. The Morgan fingerprint density at radius 2 is 1.92 bits per heavy atom. The van der Waals surface area contributed by atoms with E-state index >= 15 is 0 Å². The van der Waals surface area contributed by atoms with Gasteiger partial charge in [-0.2, -0.15) is 0 Å². The smallest absolute Gasteiger partial charge is 0.336 e. The molecule has 8 heteroatoms. The molecule has 1 aromatic carbocycles. The van der Waals surface area contributed by atoms with Crippen LogP contribution in [0.4, 0.5) is 0 Å². The monoisotopic (exact) mass is 382 g/mol. The third-order valence-corrected chi connectivity index (χ3v) is 6.81. The molecule has 0 saturated carbocycles. The lowest BCUT2D eigenvalue weighted by atomic mass is 10.0. The van der Waals surface area contributed by atoms with Crippen molar-refractivity contribution in [2.45, 2.75) is 23.6 Å².